The van der Waals surface area contributed by atoms with Gasteiger partial charge in [-0.2, -0.15) is 22.7 Å². The van der Waals surface area contributed by atoms with E-state index in [2.05, 4.69) is 9.50 Å². The molecule has 0 aliphatic heterocycles. The van der Waals surface area contributed by atoms with Crippen LogP contribution >= 0.6 is 11.6 Å². The lowest BCUT2D eigenvalue weighted by Gasteiger charge is -2.13. The number of pyridine rings is 1. The monoisotopic (exact) mass is 498 g/mol. The van der Waals surface area contributed by atoms with Crippen molar-refractivity contribution >= 4 is 39.2 Å². The van der Waals surface area contributed by atoms with Crippen molar-refractivity contribution in [3.05, 3.63) is 62.7 Å². The third kappa shape index (κ3) is 4.77. The van der Waals surface area contributed by atoms with Crippen LogP contribution in [0.25, 0.3) is 10.9 Å². The highest BCUT2D eigenvalue weighted by molar-refractivity contribution is 7.83. The van der Waals surface area contributed by atoms with E-state index in [0.717, 1.165) is 31.4 Å². The van der Waals surface area contributed by atoms with Crippen LogP contribution in [0.2, 0.25) is 5.02 Å². The van der Waals surface area contributed by atoms with Gasteiger partial charge in [-0.3, -0.25) is 9.48 Å². The Morgan fingerprint density at radius 1 is 1.30 bits per heavy atom. The van der Waals surface area contributed by atoms with Crippen molar-refractivity contribution < 1.29 is 17.4 Å². The number of rotatable bonds is 7. The molecule has 1 saturated carbocycles. The zero-order valence-electron chi connectivity index (χ0n) is 18.0. The van der Waals surface area contributed by atoms with Gasteiger partial charge in [-0.05, 0) is 37.5 Å². The normalized spacial score (nSPS) is 15.9. The molecule has 1 atom stereocenters. The van der Waals surface area contributed by atoms with Crippen LogP contribution in [0, 0.1) is 0 Å². The van der Waals surface area contributed by atoms with Gasteiger partial charge in [-0.1, -0.05) is 31.0 Å². The largest absolute Gasteiger partial charge is 0.417 e. The minimum atomic E-state index is -4.61. The molecule has 0 bridgehead atoms. The fourth-order valence-corrected chi connectivity index (χ4v) is 4.97. The molecule has 33 heavy (non-hydrogen) atoms. The molecular formula is C22H22ClF3N4O2S. The predicted octanol–water partition coefficient (Wildman–Crippen LogP) is 5.04. The first-order chi connectivity index (χ1) is 15.6. The lowest BCUT2D eigenvalue weighted by atomic mass is 10.0. The van der Waals surface area contributed by atoms with Crippen LogP contribution in [-0.2, 0) is 24.2 Å². The fraction of sp³-hybridized carbons (Fsp3) is 0.409. The van der Waals surface area contributed by atoms with Gasteiger partial charge in [0.15, 0.2) is 5.52 Å². The first-order valence-electron chi connectivity index (χ1n) is 10.5. The van der Waals surface area contributed by atoms with Crippen molar-refractivity contribution in [2.45, 2.75) is 44.8 Å². The minimum absolute atomic E-state index is 0.163. The van der Waals surface area contributed by atoms with Gasteiger partial charge in [0.2, 0.25) is 0 Å². The number of fused-ring (bicyclic) bond motifs is 1. The number of hydrogen-bond donors (Lipinski definition) is 0. The second-order valence-corrected chi connectivity index (χ2v) is 9.65. The van der Waals surface area contributed by atoms with E-state index in [4.69, 9.17) is 11.6 Å². The molecule has 1 unspecified atom stereocenters. The molecule has 2 aromatic heterocycles. The minimum Gasteiger partial charge on any atom is -0.311 e. The van der Waals surface area contributed by atoms with E-state index in [0.29, 0.717) is 23.3 Å². The average Bonchev–Trinajstić information content (AvgIpc) is 3.52. The second kappa shape index (κ2) is 9.06. The summed E-state index contributed by atoms with van der Waals surface area (Å²) in [5, 5.41) is 4.37. The van der Waals surface area contributed by atoms with Crippen LogP contribution in [0.15, 0.2) is 39.7 Å². The van der Waals surface area contributed by atoms with Crippen LogP contribution in [0.1, 0.15) is 55.5 Å². The summed E-state index contributed by atoms with van der Waals surface area (Å²) >= 11 is 5.96. The number of aryl methyl sites for hydroxylation is 1. The number of nitrogens with zero attached hydrogens (tertiary/aromatic N) is 4. The number of unbranched alkanes of at least 4 members (excludes halogenated alkanes) is 1. The lowest BCUT2D eigenvalue weighted by molar-refractivity contribution is -0.137. The van der Waals surface area contributed by atoms with Crippen LogP contribution < -0.4 is 5.56 Å². The summed E-state index contributed by atoms with van der Waals surface area (Å²) in [6.07, 6.45) is 0.437. The van der Waals surface area contributed by atoms with Gasteiger partial charge in [0.05, 0.1) is 16.3 Å². The van der Waals surface area contributed by atoms with Gasteiger partial charge in [-0.25, -0.2) is 4.21 Å². The third-order valence-electron chi connectivity index (χ3n) is 5.50. The molecule has 176 valence electrons. The third-order valence-corrected chi connectivity index (χ3v) is 6.84. The SMILES string of the molecule is CCCCS(=O)/N=C(\c1ccc(C(F)(F)F)c(Cl)c1)c1c2ccn(C3CC3)c(=O)c2nn1C. The summed E-state index contributed by atoms with van der Waals surface area (Å²) in [5.74, 6) is 0.304. The summed E-state index contributed by atoms with van der Waals surface area (Å²) in [5.41, 5.74) is -0.157. The van der Waals surface area contributed by atoms with Crippen molar-refractivity contribution in [1.29, 1.82) is 0 Å². The lowest BCUT2D eigenvalue weighted by Crippen LogP contribution is -2.18. The van der Waals surface area contributed by atoms with Crippen molar-refractivity contribution in [1.82, 2.24) is 14.3 Å². The van der Waals surface area contributed by atoms with Gasteiger partial charge in [-0.15, -0.1) is 0 Å². The van der Waals surface area contributed by atoms with Crippen LogP contribution in [0.4, 0.5) is 13.2 Å². The Hall–Kier alpha value is -2.46. The number of hydrogen-bond acceptors (Lipinski definition) is 3. The molecule has 0 spiro atoms. The molecule has 4 rings (SSSR count). The average molecular weight is 499 g/mol. The molecule has 0 radical (unpaired) electrons. The van der Waals surface area contributed by atoms with Crippen LogP contribution in [-0.4, -0.2) is 30.0 Å². The van der Waals surface area contributed by atoms with Gasteiger partial charge < -0.3 is 4.57 Å². The van der Waals surface area contributed by atoms with E-state index in [1.54, 1.807) is 23.9 Å². The molecule has 0 saturated heterocycles. The van der Waals surface area contributed by atoms with Gasteiger partial charge >= 0.3 is 6.18 Å². The fourth-order valence-electron chi connectivity index (χ4n) is 3.66. The van der Waals surface area contributed by atoms with Gasteiger partial charge in [0.1, 0.15) is 16.7 Å². The molecule has 2 heterocycles. The molecule has 1 aromatic carbocycles. The number of aromatic nitrogens is 3. The highest BCUT2D eigenvalue weighted by Crippen LogP contribution is 2.36. The van der Waals surface area contributed by atoms with E-state index >= 15 is 0 Å². The summed E-state index contributed by atoms with van der Waals surface area (Å²) in [4.78, 5) is 12.9. The highest BCUT2D eigenvalue weighted by Gasteiger charge is 2.34. The molecular weight excluding hydrogens is 477 g/mol. The first-order valence-corrected chi connectivity index (χ1v) is 12.2. The predicted molar refractivity (Wildman–Crippen MR) is 123 cm³/mol. The van der Waals surface area contributed by atoms with Crippen LogP contribution in [0.3, 0.4) is 0 Å². The summed E-state index contributed by atoms with van der Waals surface area (Å²) in [7, 11) is -0.00671. The first kappa shape index (κ1) is 23.7. The van der Waals surface area contributed by atoms with Gasteiger partial charge in [0, 0.05) is 36.0 Å². The van der Waals surface area contributed by atoms with E-state index in [9.17, 15) is 22.2 Å². The van der Waals surface area contributed by atoms with Crippen molar-refractivity contribution in [2.24, 2.45) is 11.4 Å². The second-order valence-electron chi connectivity index (χ2n) is 8.01. The molecule has 11 heteroatoms. The molecule has 1 aliphatic carbocycles. The Balaban J connectivity index is 1.90. The molecule has 1 aliphatic rings. The molecule has 0 N–H and O–H groups in total. The Morgan fingerprint density at radius 2 is 2.03 bits per heavy atom. The smallest absolute Gasteiger partial charge is 0.311 e. The molecule has 1 fully saturated rings. The van der Waals surface area contributed by atoms with E-state index in [-0.39, 0.29) is 28.4 Å². The highest BCUT2D eigenvalue weighted by atomic mass is 35.5. The Bertz CT molecular complexity index is 1330. The van der Waals surface area contributed by atoms with E-state index in [1.807, 2.05) is 6.92 Å². The Labute approximate surface area is 195 Å². The van der Waals surface area contributed by atoms with E-state index < -0.39 is 27.7 Å². The quantitative estimate of drug-likeness (QED) is 0.428. The molecule has 0 amide bonds. The Morgan fingerprint density at radius 3 is 2.64 bits per heavy atom. The maximum absolute atomic E-state index is 13.2. The summed E-state index contributed by atoms with van der Waals surface area (Å²) in [6, 6.07) is 5.18. The maximum Gasteiger partial charge on any atom is 0.417 e. The number of alkyl halides is 3. The zero-order chi connectivity index (χ0) is 23.9. The molecule has 6 nitrogen and oxygen atoms in total. The summed E-state index contributed by atoms with van der Waals surface area (Å²) < 4.78 is 59.8. The van der Waals surface area contributed by atoms with Crippen LogP contribution in [0.5, 0.6) is 0 Å². The molecule has 3 aromatic rings. The maximum atomic E-state index is 13.2. The topological polar surface area (TPSA) is 69.2 Å². The van der Waals surface area contributed by atoms with Crippen molar-refractivity contribution in [2.75, 3.05) is 5.75 Å². The number of halogens is 4. The zero-order valence-corrected chi connectivity index (χ0v) is 19.6. The summed E-state index contributed by atoms with van der Waals surface area (Å²) in [6.45, 7) is 1.96. The van der Waals surface area contributed by atoms with Crippen molar-refractivity contribution in [3.63, 3.8) is 0 Å². The standard InChI is InChI=1S/C22H22ClF3N4O2S/c1-3-4-11-33(32)28-18(13-5-8-16(17(23)12-13)22(24,25)26)20-15-9-10-30(14-6-7-14)21(31)19(15)27-29(20)2/h5,8-10,12,14H,3-4,6-7,11H2,1-2H3/b28-18+. The Kier molecular flexibility index (Phi) is 6.50. The van der Waals surface area contributed by atoms with E-state index in [1.165, 1.54) is 10.7 Å². The van der Waals surface area contributed by atoms with Crippen molar-refractivity contribution in [3.8, 4) is 0 Å². The van der Waals surface area contributed by atoms with Gasteiger partial charge in [0.25, 0.3) is 5.56 Å². The number of benzene rings is 1.